The number of ether oxygens (including phenoxy) is 2. The van der Waals surface area contributed by atoms with Crippen molar-refractivity contribution >= 4 is 0 Å². The molecule has 0 atom stereocenters. The number of benzene rings is 1. The Morgan fingerprint density at radius 2 is 1.57 bits per heavy atom. The van der Waals surface area contributed by atoms with Crippen LogP contribution in [-0.4, -0.2) is 13.2 Å². The van der Waals surface area contributed by atoms with Crippen LogP contribution in [0.3, 0.4) is 0 Å². The molecule has 1 aromatic rings. The quantitative estimate of drug-likeness (QED) is 0.576. The van der Waals surface area contributed by atoms with Gasteiger partial charge >= 0.3 is 0 Å². The normalized spacial score (nSPS) is 21.0. The average Bonchev–Trinajstić information content (AvgIpc) is 2.61. The van der Waals surface area contributed by atoms with E-state index in [9.17, 15) is 0 Å². The van der Waals surface area contributed by atoms with Gasteiger partial charge in [0.2, 0.25) is 0 Å². The first-order valence-electron chi connectivity index (χ1n) is 9.06. The van der Waals surface area contributed by atoms with Gasteiger partial charge in [-0.25, -0.2) is 0 Å². The maximum atomic E-state index is 8.82. The standard InChI is InChI=1S/C20H29NO2/c1-2-3-4-5-6-7-8-9-18-15-22-20(23-16-18)19-12-10-17(14-21)11-13-19/h10-13,18,20H,2-9,15-16H2,1H3. The molecule has 0 aliphatic carbocycles. The van der Waals surface area contributed by atoms with Gasteiger partial charge in [0, 0.05) is 11.5 Å². The topological polar surface area (TPSA) is 42.2 Å². The summed E-state index contributed by atoms with van der Waals surface area (Å²) in [7, 11) is 0. The zero-order chi connectivity index (χ0) is 16.3. The number of nitrogens with zero attached hydrogens (tertiary/aromatic N) is 1. The first-order chi connectivity index (χ1) is 11.3. The smallest absolute Gasteiger partial charge is 0.183 e. The maximum Gasteiger partial charge on any atom is 0.183 e. The van der Waals surface area contributed by atoms with Crippen molar-refractivity contribution in [3.63, 3.8) is 0 Å². The molecule has 0 aromatic heterocycles. The highest BCUT2D eigenvalue weighted by atomic mass is 16.7. The molecule has 0 amide bonds. The second kappa shape index (κ2) is 10.4. The van der Waals surface area contributed by atoms with Crippen molar-refractivity contribution < 1.29 is 9.47 Å². The van der Waals surface area contributed by atoms with E-state index in [4.69, 9.17) is 14.7 Å². The highest BCUT2D eigenvalue weighted by Crippen LogP contribution is 2.27. The van der Waals surface area contributed by atoms with Gasteiger partial charge in [-0.15, -0.1) is 0 Å². The molecule has 1 aromatic carbocycles. The Labute approximate surface area is 140 Å². The van der Waals surface area contributed by atoms with Crippen LogP contribution in [0.4, 0.5) is 0 Å². The van der Waals surface area contributed by atoms with Crippen molar-refractivity contribution in [1.82, 2.24) is 0 Å². The van der Waals surface area contributed by atoms with E-state index in [2.05, 4.69) is 13.0 Å². The second-order valence-corrected chi connectivity index (χ2v) is 6.51. The highest BCUT2D eigenvalue weighted by molar-refractivity contribution is 5.32. The summed E-state index contributed by atoms with van der Waals surface area (Å²) in [4.78, 5) is 0. The Morgan fingerprint density at radius 1 is 0.957 bits per heavy atom. The molecule has 23 heavy (non-hydrogen) atoms. The molecule has 126 valence electrons. The molecule has 0 N–H and O–H groups in total. The highest BCUT2D eigenvalue weighted by Gasteiger charge is 2.23. The van der Waals surface area contributed by atoms with Crippen LogP contribution in [0, 0.1) is 17.2 Å². The van der Waals surface area contributed by atoms with E-state index in [1.807, 2.05) is 24.3 Å². The summed E-state index contributed by atoms with van der Waals surface area (Å²) in [6.07, 6.45) is 10.4. The fourth-order valence-corrected chi connectivity index (χ4v) is 3.01. The van der Waals surface area contributed by atoms with Crippen LogP contribution in [0.5, 0.6) is 0 Å². The number of unbranched alkanes of at least 4 members (excludes halogenated alkanes) is 6. The van der Waals surface area contributed by atoms with Crippen LogP contribution in [0.15, 0.2) is 24.3 Å². The molecular formula is C20H29NO2. The molecule has 3 heteroatoms. The minimum Gasteiger partial charge on any atom is -0.348 e. The monoisotopic (exact) mass is 315 g/mol. The Morgan fingerprint density at radius 3 is 2.17 bits per heavy atom. The van der Waals surface area contributed by atoms with E-state index in [0.717, 1.165) is 18.8 Å². The molecule has 0 radical (unpaired) electrons. The third-order valence-corrected chi connectivity index (χ3v) is 4.49. The van der Waals surface area contributed by atoms with Gasteiger partial charge in [0.25, 0.3) is 0 Å². The summed E-state index contributed by atoms with van der Waals surface area (Å²) in [6.45, 7) is 3.81. The summed E-state index contributed by atoms with van der Waals surface area (Å²) >= 11 is 0. The summed E-state index contributed by atoms with van der Waals surface area (Å²) in [5.41, 5.74) is 1.67. The lowest BCUT2D eigenvalue weighted by Crippen LogP contribution is -2.27. The number of hydrogen-bond donors (Lipinski definition) is 0. The number of hydrogen-bond acceptors (Lipinski definition) is 3. The predicted molar refractivity (Wildman–Crippen MR) is 91.9 cm³/mol. The van der Waals surface area contributed by atoms with E-state index in [0.29, 0.717) is 11.5 Å². The van der Waals surface area contributed by atoms with E-state index < -0.39 is 0 Å². The Hall–Kier alpha value is -1.37. The second-order valence-electron chi connectivity index (χ2n) is 6.51. The minimum absolute atomic E-state index is 0.270. The van der Waals surface area contributed by atoms with Crippen molar-refractivity contribution in [3.05, 3.63) is 35.4 Å². The first kappa shape index (κ1) is 18.0. The molecule has 0 saturated carbocycles. The van der Waals surface area contributed by atoms with Crippen LogP contribution in [0.2, 0.25) is 0 Å². The lowest BCUT2D eigenvalue weighted by atomic mass is 10.0. The molecule has 1 heterocycles. The van der Waals surface area contributed by atoms with Gasteiger partial charge < -0.3 is 9.47 Å². The molecule has 0 bridgehead atoms. The average molecular weight is 315 g/mol. The van der Waals surface area contributed by atoms with E-state index >= 15 is 0 Å². The van der Waals surface area contributed by atoms with Crippen molar-refractivity contribution in [2.45, 2.75) is 64.6 Å². The molecule has 1 fully saturated rings. The third kappa shape index (κ3) is 6.33. The fourth-order valence-electron chi connectivity index (χ4n) is 3.01. The zero-order valence-corrected chi connectivity index (χ0v) is 14.3. The molecule has 1 aliphatic heterocycles. The van der Waals surface area contributed by atoms with Gasteiger partial charge in [0.1, 0.15) is 0 Å². The molecule has 1 saturated heterocycles. The van der Waals surface area contributed by atoms with Gasteiger partial charge in [-0.2, -0.15) is 5.26 Å². The van der Waals surface area contributed by atoms with Gasteiger partial charge in [0.15, 0.2) is 6.29 Å². The number of nitriles is 1. The summed E-state index contributed by atoms with van der Waals surface area (Å²) < 4.78 is 11.7. The van der Waals surface area contributed by atoms with E-state index in [-0.39, 0.29) is 6.29 Å². The van der Waals surface area contributed by atoms with Gasteiger partial charge in [-0.05, 0) is 18.6 Å². The van der Waals surface area contributed by atoms with Crippen LogP contribution in [-0.2, 0) is 9.47 Å². The Bertz CT molecular complexity index is 469. The van der Waals surface area contributed by atoms with Crippen LogP contribution in [0.25, 0.3) is 0 Å². The van der Waals surface area contributed by atoms with Gasteiger partial charge in [-0.1, -0.05) is 64.0 Å². The minimum atomic E-state index is -0.270. The molecular weight excluding hydrogens is 286 g/mol. The third-order valence-electron chi connectivity index (χ3n) is 4.49. The molecule has 2 rings (SSSR count). The van der Waals surface area contributed by atoms with Gasteiger partial charge in [-0.3, -0.25) is 0 Å². The van der Waals surface area contributed by atoms with Crippen LogP contribution < -0.4 is 0 Å². The van der Waals surface area contributed by atoms with Crippen LogP contribution >= 0.6 is 0 Å². The van der Waals surface area contributed by atoms with Gasteiger partial charge in [0.05, 0.1) is 24.8 Å². The lowest BCUT2D eigenvalue weighted by molar-refractivity contribution is -0.206. The van der Waals surface area contributed by atoms with Crippen molar-refractivity contribution in [1.29, 1.82) is 5.26 Å². The van der Waals surface area contributed by atoms with E-state index in [1.165, 1.54) is 51.4 Å². The van der Waals surface area contributed by atoms with Crippen molar-refractivity contribution in [2.24, 2.45) is 5.92 Å². The first-order valence-corrected chi connectivity index (χ1v) is 9.06. The summed E-state index contributed by atoms with van der Waals surface area (Å²) in [5, 5.41) is 8.82. The van der Waals surface area contributed by atoms with Crippen molar-refractivity contribution in [3.8, 4) is 6.07 Å². The number of rotatable bonds is 9. The largest absolute Gasteiger partial charge is 0.348 e. The predicted octanol–water partition coefficient (Wildman–Crippen LogP) is 5.36. The van der Waals surface area contributed by atoms with E-state index in [1.54, 1.807) is 0 Å². The summed E-state index contributed by atoms with van der Waals surface area (Å²) in [5.74, 6) is 0.528. The Kier molecular flexibility index (Phi) is 8.14. The maximum absolute atomic E-state index is 8.82. The fraction of sp³-hybridized carbons (Fsp3) is 0.650. The summed E-state index contributed by atoms with van der Waals surface area (Å²) in [6, 6.07) is 9.58. The Balaban J connectivity index is 1.59. The van der Waals surface area contributed by atoms with Crippen LogP contribution in [0.1, 0.15) is 75.7 Å². The molecule has 0 spiro atoms. The molecule has 0 unspecified atom stereocenters. The lowest BCUT2D eigenvalue weighted by Gasteiger charge is -2.29. The van der Waals surface area contributed by atoms with Crippen molar-refractivity contribution in [2.75, 3.05) is 13.2 Å². The SMILES string of the molecule is CCCCCCCCCC1COC(c2ccc(C#N)cc2)OC1. The zero-order valence-electron chi connectivity index (χ0n) is 14.3. The molecule has 3 nitrogen and oxygen atoms in total. The molecule has 1 aliphatic rings.